The number of hydrazine groups is 1. The minimum atomic E-state index is -0.163. The lowest BCUT2D eigenvalue weighted by molar-refractivity contribution is 0.241. The monoisotopic (exact) mass is 305 g/mol. The van der Waals surface area contributed by atoms with Gasteiger partial charge in [-0.25, -0.2) is 5.43 Å². The normalized spacial score (nSPS) is 12.5. The molecule has 5 heteroatoms. The van der Waals surface area contributed by atoms with Gasteiger partial charge in [0.1, 0.15) is 5.75 Å². The summed E-state index contributed by atoms with van der Waals surface area (Å²) in [5.41, 5.74) is 5.81. The van der Waals surface area contributed by atoms with Crippen LogP contribution < -0.4 is 16.0 Å². The lowest BCUT2D eigenvalue weighted by Gasteiger charge is -2.19. The molecule has 0 amide bonds. The van der Waals surface area contributed by atoms with Gasteiger partial charge in [0.05, 0.1) is 18.3 Å². The Morgan fingerprint density at radius 1 is 1.19 bits per heavy atom. The van der Waals surface area contributed by atoms with Gasteiger partial charge in [0.2, 0.25) is 0 Å². The highest BCUT2D eigenvalue weighted by Gasteiger charge is 2.15. The molecule has 4 nitrogen and oxygen atoms in total. The van der Waals surface area contributed by atoms with Crippen molar-refractivity contribution in [2.75, 3.05) is 0 Å². The number of pyridine rings is 1. The van der Waals surface area contributed by atoms with Crippen LogP contribution in [0, 0.1) is 6.92 Å². The third-order valence-electron chi connectivity index (χ3n) is 3.12. The average Bonchev–Trinajstić information content (AvgIpc) is 2.43. The zero-order valence-corrected chi connectivity index (χ0v) is 13.2. The summed E-state index contributed by atoms with van der Waals surface area (Å²) < 4.78 is 5.68. The predicted octanol–water partition coefficient (Wildman–Crippen LogP) is 3.38. The smallest absolute Gasteiger partial charge is 0.138 e. The van der Waals surface area contributed by atoms with Crippen LogP contribution in [-0.4, -0.2) is 11.1 Å². The number of ether oxygens (including phenoxy) is 1. The summed E-state index contributed by atoms with van der Waals surface area (Å²) in [5, 5.41) is 0.740. The molecule has 0 aliphatic heterocycles. The van der Waals surface area contributed by atoms with Crippen molar-refractivity contribution in [1.82, 2.24) is 10.4 Å². The summed E-state index contributed by atoms with van der Waals surface area (Å²) in [6.07, 6.45) is 3.58. The number of rotatable bonds is 5. The number of hydrogen-bond acceptors (Lipinski definition) is 4. The van der Waals surface area contributed by atoms with Crippen molar-refractivity contribution in [3.8, 4) is 5.75 Å². The van der Waals surface area contributed by atoms with Crippen LogP contribution in [0.15, 0.2) is 36.7 Å². The minimum Gasteiger partial charge on any atom is -0.489 e. The summed E-state index contributed by atoms with van der Waals surface area (Å²) in [6, 6.07) is 7.63. The first-order valence-electron chi connectivity index (χ1n) is 6.85. The largest absolute Gasteiger partial charge is 0.489 e. The second-order valence-electron chi connectivity index (χ2n) is 5.23. The fourth-order valence-corrected chi connectivity index (χ4v) is 2.28. The third kappa shape index (κ3) is 3.94. The van der Waals surface area contributed by atoms with E-state index in [0.29, 0.717) is 0 Å². The van der Waals surface area contributed by atoms with Crippen molar-refractivity contribution in [3.05, 3.63) is 58.4 Å². The molecule has 1 atom stereocenters. The molecule has 0 radical (unpaired) electrons. The second kappa shape index (κ2) is 6.89. The molecule has 2 rings (SSSR count). The molecule has 0 fully saturated rings. The van der Waals surface area contributed by atoms with E-state index in [1.165, 1.54) is 0 Å². The molecule has 112 valence electrons. The molecule has 0 aliphatic rings. The number of hydrogen-bond donors (Lipinski definition) is 2. The van der Waals surface area contributed by atoms with Crippen LogP contribution in [-0.2, 0) is 0 Å². The summed E-state index contributed by atoms with van der Waals surface area (Å²) in [7, 11) is 0. The molecule has 0 saturated heterocycles. The molecule has 0 bridgehead atoms. The van der Waals surface area contributed by atoms with Crippen molar-refractivity contribution in [2.45, 2.75) is 32.9 Å². The Hall–Kier alpha value is -1.62. The first-order valence-corrected chi connectivity index (χ1v) is 7.23. The van der Waals surface area contributed by atoms with Crippen LogP contribution in [0.3, 0.4) is 0 Å². The lowest BCUT2D eigenvalue weighted by Crippen LogP contribution is -2.29. The van der Waals surface area contributed by atoms with Crippen LogP contribution in [0.1, 0.15) is 36.6 Å². The van der Waals surface area contributed by atoms with E-state index in [0.717, 1.165) is 27.5 Å². The highest BCUT2D eigenvalue weighted by atomic mass is 35.5. The van der Waals surface area contributed by atoms with E-state index in [9.17, 15) is 0 Å². The molecule has 1 aromatic carbocycles. The Bertz CT molecular complexity index is 616. The molecule has 1 unspecified atom stereocenters. The number of nitrogens with one attached hydrogen (secondary N) is 1. The molecule has 3 N–H and O–H groups in total. The molecule has 2 aromatic rings. The van der Waals surface area contributed by atoms with E-state index in [1.54, 1.807) is 12.4 Å². The molecule has 1 heterocycles. The van der Waals surface area contributed by atoms with Crippen LogP contribution in [0.4, 0.5) is 0 Å². The Labute approximate surface area is 130 Å². The van der Waals surface area contributed by atoms with Crippen LogP contribution >= 0.6 is 11.6 Å². The quantitative estimate of drug-likeness (QED) is 0.656. The maximum Gasteiger partial charge on any atom is 0.138 e. The third-order valence-corrected chi connectivity index (χ3v) is 3.55. The van der Waals surface area contributed by atoms with Crippen LogP contribution in [0.5, 0.6) is 5.75 Å². The van der Waals surface area contributed by atoms with E-state index in [2.05, 4.69) is 10.4 Å². The molecule has 0 spiro atoms. The minimum absolute atomic E-state index is 0.101. The zero-order chi connectivity index (χ0) is 15.4. The van der Waals surface area contributed by atoms with Gasteiger partial charge in [-0.3, -0.25) is 10.8 Å². The summed E-state index contributed by atoms with van der Waals surface area (Å²) >= 11 is 6.07. The highest BCUT2D eigenvalue weighted by molar-refractivity contribution is 6.31. The highest BCUT2D eigenvalue weighted by Crippen LogP contribution is 2.27. The van der Waals surface area contributed by atoms with Gasteiger partial charge in [-0.1, -0.05) is 23.7 Å². The van der Waals surface area contributed by atoms with Gasteiger partial charge in [-0.15, -0.1) is 0 Å². The van der Waals surface area contributed by atoms with Gasteiger partial charge in [0, 0.05) is 11.2 Å². The number of nitrogens with zero attached hydrogens (tertiary/aromatic N) is 1. The molecular weight excluding hydrogens is 286 g/mol. The van der Waals surface area contributed by atoms with E-state index in [1.807, 2.05) is 45.0 Å². The number of aryl methyl sites for hydroxylation is 1. The summed E-state index contributed by atoms with van der Waals surface area (Å²) in [4.78, 5) is 4.23. The molecule has 0 aliphatic carbocycles. The molecule has 0 saturated carbocycles. The molecular formula is C16H20ClN3O. The van der Waals surface area contributed by atoms with Crippen LogP contribution in [0.2, 0.25) is 5.02 Å². The van der Waals surface area contributed by atoms with Gasteiger partial charge in [-0.05, 0) is 49.6 Å². The maximum absolute atomic E-state index is 6.07. The fraction of sp³-hybridized carbons (Fsp3) is 0.312. The number of halogens is 1. The molecule has 21 heavy (non-hydrogen) atoms. The van der Waals surface area contributed by atoms with Gasteiger partial charge >= 0.3 is 0 Å². The van der Waals surface area contributed by atoms with Gasteiger partial charge < -0.3 is 4.74 Å². The average molecular weight is 306 g/mol. The van der Waals surface area contributed by atoms with Crippen molar-refractivity contribution >= 4 is 11.6 Å². The van der Waals surface area contributed by atoms with E-state index >= 15 is 0 Å². The fourth-order valence-electron chi connectivity index (χ4n) is 2.16. The second-order valence-corrected chi connectivity index (χ2v) is 5.64. The number of aromatic nitrogens is 1. The Kier molecular flexibility index (Phi) is 5.17. The first kappa shape index (κ1) is 15.8. The topological polar surface area (TPSA) is 60.2 Å². The maximum atomic E-state index is 6.07. The number of nitrogens with two attached hydrogens (primary N) is 1. The zero-order valence-electron chi connectivity index (χ0n) is 12.4. The number of benzene rings is 1. The van der Waals surface area contributed by atoms with Gasteiger partial charge in [-0.2, -0.15) is 0 Å². The van der Waals surface area contributed by atoms with E-state index in [4.69, 9.17) is 22.2 Å². The van der Waals surface area contributed by atoms with E-state index in [-0.39, 0.29) is 12.1 Å². The Morgan fingerprint density at radius 2 is 1.95 bits per heavy atom. The SMILES string of the molecule is Cc1cc(C(NN)c2cncc(OC(C)C)c2)ccc1Cl. The summed E-state index contributed by atoms with van der Waals surface area (Å²) in [5.74, 6) is 6.45. The van der Waals surface area contributed by atoms with Crippen molar-refractivity contribution < 1.29 is 4.74 Å². The first-order chi connectivity index (χ1) is 10.0. The van der Waals surface area contributed by atoms with Gasteiger partial charge in [0.15, 0.2) is 0 Å². The predicted molar refractivity (Wildman–Crippen MR) is 85.4 cm³/mol. The Morgan fingerprint density at radius 3 is 2.57 bits per heavy atom. The standard InChI is InChI=1S/C16H20ClN3O/c1-10(2)21-14-7-13(8-19-9-14)16(20-18)12-4-5-15(17)11(3)6-12/h4-10,16,20H,18H2,1-3H3. The Balaban J connectivity index is 2.34. The lowest BCUT2D eigenvalue weighted by atomic mass is 9.99. The van der Waals surface area contributed by atoms with E-state index < -0.39 is 0 Å². The van der Waals surface area contributed by atoms with Crippen LogP contribution in [0.25, 0.3) is 0 Å². The molecule has 1 aromatic heterocycles. The van der Waals surface area contributed by atoms with Crippen molar-refractivity contribution in [1.29, 1.82) is 0 Å². The van der Waals surface area contributed by atoms with Crippen molar-refractivity contribution in [3.63, 3.8) is 0 Å². The van der Waals surface area contributed by atoms with Crippen molar-refractivity contribution in [2.24, 2.45) is 5.84 Å². The summed E-state index contributed by atoms with van der Waals surface area (Å²) in [6.45, 7) is 5.93. The van der Waals surface area contributed by atoms with Gasteiger partial charge in [0.25, 0.3) is 0 Å².